The van der Waals surface area contributed by atoms with Gasteiger partial charge in [-0.3, -0.25) is 10.1 Å². The standard InChI is InChI=1S/C6H5N2O5S.Na/c7-14(12,13)4-1-2-6(9)5(3-4)8(10)11;/h1-3H,(H2-,7,9,12,13);/q-1;+1. The molecule has 1 aromatic rings. The molecule has 9 heteroatoms. The third kappa shape index (κ3) is 3.43. The van der Waals surface area contributed by atoms with E-state index in [0.29, 0.717) is 6.07 Å². The zero-order chi connectivity index (χ0) is 10.9. The Morgan fingerprint density at radius 3 is 2.33 bits per heavy atom. The van der Waals surface area contributed by atoms with Gasteiger partial charge in [0.25, 0.3) is 0 Å². The second kappa shape index (κ2) is 4.90. The number of phenolic OH excluding ortho intramolecular Hbond substituents is 1. The molecule has 0 radical (unpaired) electrons. The summed E-state index contributed by atoms with van der Waals surface area (Å²) in [5.41, 5.74) is -0.738. The number of sulfonamides is 1. The molecule has 76 valence electrons. The second-order valence-corrected chi connectivity index (χ2v) is 3.89. The van der Waals surface area contributed by atoms with E-state index >= 15 is 0 Å². The van der Waals surface area contributed by atoms with Gasteiger partial charge in [0.15, 0.2) is 5.75 Å². The number of rotatable bonds is 2. The van der Waals surface area contributed by atoms with E-state index in [1.165, 1.54) is 0 Å². The third-order valence-corrected chi connectivity index (χ3v) is 2.33. The Kier molecular flexibility index (Phi) is 4.68. The Hall–Kier alpha value is -0.670. The molecule has 0 amide bonds. The summed E-state index contributed by atoms with van der Waals surface area (Å²) in [6, 6.07) is 2.42. The Labute approximate surface area is 107 Å². The van der Waals surface area contributed by atoms with Crippen LogP contribution in [-0.4, -0.2) is 18.4 Å². The van der Waals surface area contributed by atoms with Crippen molar-refractivity contribution in [2.75, 3.05) is 0 Å². The molecule has 1 aromatic carbocycles. The minimum Gasteiger partial charge on any atom is -0.560 e. The minimum absolute atomic E-state index is 0. The Bertz CT molecular complexity index is 486. The number of aromatic hydroxyl groups is 1. The zero-order valence-electron chi connectivity index (χ0n) is 7.67. The molecule has 0 atom stereocenters. The normalized spacial score (nSPS) is 10.5. The largest absolute Gasteiger partial charge is 1.00 e. The van der Waals surface area contributed by atoms with Gasteiger partial charge in [0.05, 0.1) is 19.8 Å². The number of nitrogens with zero attached hydrogens (tertiary/aromatic N) is 1. The van der Waals surface area contributed by atoms with Crippen LogP contribution in [0.5, 0.6) is 5.75 Å². The number of nitro groups is 1. The van der Waals surface area contributed by atoms with Crippen LogP contribution in [0.1, 0.15) is 0 Å². The fraction of sp³-hybridized carbons (Fsp3) is 0. The van der Waals surface area contributed by atoms with Gasteiger partial charge < -0.3 is 10.2 Å². The first-order valence-corrected chi connectivity index (χ1v) is 4.78. The van der Waals surface area contributed by atoms with Crippen LogP contribution in [0.25, 0.3) is 5.14 Å². The molecular formula is C6H5N2NaO5S. The molecule has 0 saturated heterocycles. The van der Waals surface area contributed by atoms with Crippen molar-refractivity contribution in [1.82, 2.24) is 0 Å². The van der Waals surface area contributed by atoms with E-state index in [9.17, 15) is 18.5 Å². The minimum atomic E-state index is -4.24. The smallest absolute Gasteiger partial charge is 0.560 e. The van der Waals surface area contributed by atoms with Crippen LogP contribution in [0.2, 0.25) is 0 Å². The first kappa shape index (κ1) is 14.3. The maximum Gasteiger partial charge on any atom is 1.00 e. The van der Waals surface area contributed by atoms with Crippen molar-refractivity contribution in [1.29, 1.82) is 0 Å². The molecular weight excluding hydrogens is 235 g/mol. The van der Waals surface area contributed by atoms with Gasteiger partial charge in [-0.25, -0.2) is 8.42 Å². The number of hydrogen-bond donors (Lipinski definition) is 1. The van der Waals surface area contributed by atoms with Crippen molar-refractivity contribution in [3.8, 4) is 5.75 Å². The summed E-state index contributed by atoms with van der Waals surface area (Å²) in [6.07, 6.45) is 0. The van der Waals surface area contributed by atoms with Crippen LogP contribution in [0, 0.1) is 10.1 Å². The second-order valence-electron chi connectivity index (χ2n) is 2.41. The van der Waals surface area contributed by atoms with E-state index in [0.717, 1.165) is 12.1 Å². The number of phenols is 1. The summed E-state index contributed by atoms with van der Waals surface area (Å²) >= 11 is 0. The molecule has 0 bridgehead atoms. The van der Waals surface area contributed by atoms with Gasteiger partial charge in [0.2, 0.25) is 0 Å². The molecule has 0 heterocycles. The molecule has 0 spiro atoms. The Morgan fingerprint density at radius 2 is 1.93 bits per heavy atom. The molecule has 0 aliphatic heterocycles. The van der Waals surface area contributed by atoms with Crippen LogP contribution < -0.4 is 29.6 Å². The summed E-state index contributed by atoms with van der Waals surface area (Å²) < 4.78 is 21.4. The predicted octanol–water partition coefficient (Wildman–Crippen LogP) is -1.95. The SMILES string of the molecule is [NH-]S(=O)(=O)c1ccc(O)c([N+](=O)[O-])c1.[Na+]. The monoisotopic (exact) mass is 240 g/mol. The van der Waals surface area contributed by atoms with E-state index in [1.807, 2.05) is 0 Å². The van der Waals surface area contributed by atoms with Gasteiger partial charge in [0, 0.05) is 6.07 Å². The number of benzene rings is 1. The first-order valence-electron chi connectivity index (χ1n) is 3.29. The van der Waals surface area contributed by atoms with Gasteiger partial charge in [0.1, 0.15) is 0 Å². The molecule has 0 saturated carbocycles. The van der Waals surface area contributed by atoms with E-state index in [2.05, 4.69) is 0 Å². The average molecular weight is 240 g/mol. The quantitative estimate of drug-likeness (QED) is 0.365. The summed E-state index contributed by atoms with van der Waals surface area (Å²) in [4.78, 5) is 8.84. The van der Waals surface area contributed by atoms with Crippen molar-refractivity contribution in [3.63, 3.8) is 0 Å². The van der Waals surface area contributed by atoms with E-state index in [1.54, 1.807) is 0 Å². The zero-order valence-corrected chi connectivity index (χ0v) is 10.5. The van der Waals surface area contributed by atoms with Gasteiger partial charge in [-0.2, -0.15) is 0 Å². The summed E-state index contributed by atoms with van der Waals surface area (Å²) in [7, 11) is -4.24. The van der Waals surface area contributed by atoms with Crippen LogP contribution in [0.15, 0.2) is 23.1 Å². The maximum absolute atomic E-state index is 10.7. The molecule has 2 N–H and O–H groups in total. The van der Waals surface area contributed by atoms with Gasteiger partial charge in [-0.05, 0) is 12.1 Å². The Balaban J connectivity index is 0.00000196. The maximum atomic E-state index is 10.7. The molecule has 0 aliphatic carbocycles. The van der Waals surface area contributed by atoms with Crippen molar-refractivity contribution in [2.24, 2.45) is 0 Å². The third-order valence-electron chi connectivity index (χ3n) is 1.45. The van der Waals surface area contributed by atoms with Crippen LogP contribution in [-0.2, 0) is 10.0 Å². The first-order chi connectivity index (χ1) is 6.32. The fourth-order valence-corrected chi connectivity index (χ4v) is 1.33. The van der Waals surface area contributed by atoms with Gasteiger partial charge >= 0.3 is 35.2 Å². The number of nitrogens with one attached hydrogen (secondary N) is 1. The van der Waals surface area contributed by atoms with Crippen molar-refractivity contribution < 1.29 is 48.0 Å². The van der Waals surface area contributed by atoms with E-state index in [4.69, 9.17) is 10.2 Å². The topological polar surface area (TPSA) is 121 Å². The molecule has 0 fully saturated rings. The van der Waals surface area contributed by atoms with E-state index in [-0.39, 0.29) is 29.6 Å². The average Bonchev–Trinajstić information content (AvgIpc) is 2.02. The van der Waals surface area contributed by atoms with Gasteiger partial charge in [-0.15, -0.1) is 0 Å². The van der Waals surface area contributed by atoms with Crippen molar-refractivity contribution >= 4 is 15.7 Å². The molecule has 0 aliphatic rings. The number of hydrogen-bond acceptors (Lipinski definition) is 5. The molecule has 1 rings (SSSR count). The number of nitro benzene ring substituents is 1. The van der Waals surface area contributed by atoms with Crippen molar-refractivity contribution in [3.05, 3.63) is 33.5 Å². The molecule has 15 heavy (non-hydrogen) atoms. The van der Waals surface area contributed by atoms with Gasteiger partial charge in [-0.1, -0.05) is 0 Å². The molecule has 0 aromatic heterocycles. The van der Waals surface area contributed by atoms with Crippen LogP contribution in [0.4, 0.5) is 5.69 Å². The molecule has 0 unspecified atom stereocenters. The summed E-state index contributed by atoms with van der Waals surface area (Å²) in [5, 5.41) is 25.9. The van der Waals surface area contributed by atoms with Crippen molar-refractivity contribution in [2.45, 2.75) is 4.90 Å². The molecule has 7 nitrogen and oxygen atoms in total. The fourth-order valence-electron chi connectivity index (χ4n) is 0.817. The predicted molar refractivity (Wildman–Crippen MR) is 46.3 cm³/mol. The van der Waals surface area contributed by atoms with Crippen LogP contribution >= 0.6 is 0 Å². The van der Waals surface area contributed by atoms with Crippen LogP contribution in [0.3, 0.4) is 0 Å². The summed E-state index contributed by atoms with van der Waals surface area (Å²) in [6.45, 7) is 0. The Morgan fingerprint density at radius 1 is 1.40 bits per heavy atom. The van der Waals surface area contributed by atoms with E-state index < -0.39 is 31.3 Å². The summed E-state index contributed by atoms with van der Waals surface area (Å²) in [5.74, 6) is -0.637.